The highest BCUT2D eigenvalue weighted by Crippen LogP contribution is 2.31. The van der Waals surface area contributed by atoms with Crippen LogP contribution in [0.2, 0.25) is 0 Å². The van der Waals surface area contributed by atoms with E-state index in [1.54, 1.807) is 0 Å². The van der Waals surface area contributed by atoms with Gasteiger partial charge in [0.05, 0.1) is 0 Å². The highest BCUT2D eigenvalue weighted by molar-refractivity contribution is 5.48. The summed E-state index contributed by atoms with van der Waals surface area (Å²) < 4.78 is 0. The predicted molar refractivity (Wildman–Crippen MR) is 85.1 cm³/mol. The summed E-state index contributed by atoms with van der Waals surface area (Å²) in [7, 11) is 2.30. The third-order valence-electron chi connectivity index (χ3n) is 5.27. The van der Waals surface area contributed by atoms with Gasteiger partial charge in [0, 0.05) is 36.9 Å². The van der Waals surface area contributed by atoms with Crippen LogP contribution >= 0.6 is 0 Å². The van der Waals surface area contributed by atoms with E-state index in [2.05, 4.69) is 48.0 Å². The van der Waals surface area contributed by atoms with Crippen LogP contribution in [0.4, 0.5) is 5.69 Å². The summed E-state index contributed by atoms with van der Waals surface area (Å²) in [6.45, 7) is 4.50. The lowest BCUT2D eigenvalue weighted by molar-refractivity contribution is 0.254. The van der Waals surface area contributed by atoms with Crippen LogP contribution in [-0.4, -0.2) is 37.1 Å². The Morgan fingerprint density at radius 3 is 2.55 bits per heavy atom. The Balaban J connectivity index is 1.73. The van der Waals surface area contributed by atoms with Crippen molar-refractivity contribution in [3.05, 3.63) is 29.8 Å². The zero-order valence-electron chi connectivity index (χ0n) is 12.8. The molecule has 2 aliphatic heterocycles. The first-order valence-electron chi connectivity index (χ1n) is 8.01. The van der Waals surface area contributed by atoms with E-state index in [0.717, 1.165) is 18.5 Å². The van der Waals surface area contributed by atoms with Crippen molar-refractivity contribution in [3.8, 4) is 0 Å². The van der Waals surface area contributed by atoms with Crippen molar-refractivity contribution < 1.29 is 0 Å². The lowest BCUT2D eigenvalue weighted by atomic mass is 10.0. The number of fused-ring (bicyclic) bond motifs is 2. The molecule has 3 atom stereocenters. The number of anilines is 1. The lowest BCUT2D eigenvalue weighted by Gasteiger charge is -2.28. The minimum Gasteiger partial charge on any atom is -0.370 e. The van der Waals surface area contributed by atoms with Crippen molar-refractivity contribution in [1.82, 2.24) is 4.90 Å². The van der Waals surface area contributed by atoms with Crippen LogP contribution in [0.25, 0.3) is 0 Å². The Hall–Kier alpha value is -1.06. The van der Waals surface area contributed by atoms with E-state index < -0.39 is 0 Å². The SMILES string of the molecule is CC[C@@H](N)c1ccc(N2CCC3CCC(C2)N3C)cc1. The summed E-state index contributed by atoms with van der Waals surface area (Å²) in [6.07, 6.45) is 5.04. The second-order valence-electron chi connectivity index (χ2n) is 6.39. The molecule has 2 N–H and O–H groups in total. The summed E-state index contributed by atoms with van der Waals surface area (Å²) >= 11 is 0. The average Bonchev–Trinajstić information content (AvgIpc) is 2.72. The van der Waals surface area contributed by atoms with E-state index in [9.17, 15) is 0 Å². The van der Waals surface area contributed by atoms with Crippen LogP contribution in [0.5, 0.6) is 0 Å². The second-order valence-corrected chi connectivity index (χ2v) is 6.39. The zero-order valence-corrected chi connectivity index (χ0v) is 12.8. The van der Waals surface area contributed by atoms with Crippen LogP contribution in [0.3, 0.4) is 0 Å². The molecule has 2 heterocycles. The summed E-state index contributed by atoms with van der Waals surface area (Å²) in [5.74, 6) is 0. The molecule has 0 radical (unpaired) electrons. The summed E-state index contributed by atoms with van der Waals surface area (Å²) in [5.41, 5.74) is 8.71. The molecular weight excluding hydrogens is 246 g/mol. The van der Waals surface area contributed by atoms with E-state index in [1.807, 2.05) is 0 Å². The minimum absolute atomic E-state index is 0.176. The minimum atomic E-state index is 0.176. The smallest absolute Gasteiger partial charge is 0.0366 e. The quantitative estimate of drug-likeness (QED) is 0.919. The van der Waals surface area contributed by atoms with Gasteiger partial charge in [0.25, 0.3) is 0 Å². The molecule has 0 saturated carbocycles. The van der Waals surface area contributed by atoms with Gasteiger partial charge in [0.15, 0.2) is 0 Å². The number of nitrogens with zero attached hydrogens (tertiary/aromatic N) is 2. The third kappa shape index (κ3) is 2.57. The number of hydrogen-bond donors (Lipinski definition) is 1. The van der Waals surface area contributed by atoms with Gasteiger partial charge in [-0.3, -0.25) is 4.90 Å². The Kier molecular flexibility index (Phi) is 3.99. The molecule has 20 heavy (non-hydrogen) atoms. The summed E-state index contributed by atoms with van der Waals surface area (Å²) in [6, 6.07) is 10.6. The molecule has 0 amide bonds. The monoisotopic (exact) mass is 273 g/mol. The van der Waals surface area contributed by atoms with Crippen LogP contribution in [-0.2, 0) is 0 Å². The Morgan fingerprint density at radius 1 is 1.15 bits per heavy atom. The number of likely N-dealkylation sites (N-methyl/N-ethyl adjacent to an activating group) is 1. The second kappa shape index (κ2) is 5.74. The van der Waals surface area contributed by atoms with Gasteiger partial charge in [-0.15, -0.1) is 0 Å². The van der Waals surface area contributed by atoms with Crippen LogP contribution < -0.4 is 10.6 Å². The van der Waals surface area contributed by atoms with Crippen molar-refractivity contribution in [1.29, 1.82) is 0 Å². The molecule has 3 nitrogen and oxygen atoms in total. The largest absolute Gasteiger partial charge is 0.370 e. The Morgan fingerprint density at radius 2 is 1.85 bits per heavy atom. The highest BCUT2D eigenvalue weighted by atomic mass is 15.3. The van der Waals surface area contributed by atoms with E-state index in [-0.39, 0.29) is 6.04 Å². The molecule has 2 unspecified atom stereocenters. The highest BCUT2D eigenvalue weighted by Gasteiger charge is 2.34. The fourth-order valence-electron chi connectivity index (χ4n) is 3.71. The summed E-state index contributed by atoms with van der Waals surface area (Å²) in [4.78, 5) is 5.16. The van der Waals surface area contributed by atoms with Gasteiger partial charge < -0.3 is 10.6 Å². The van der Waals surface area contributed by atoms with Crippen LogP contribution in [0.15, 0.2) is 24.3 Å². The van der Waals surface area contributed by atoms with E-state index >= 15 is 0 Å². The van der Waals surface area contributed by atoms with Gasteiger partial charge in [-0.2, -0.15) is 0 Å². The van der Waals surface area contributed by atoms with E-state index in [1.165, 1.54) is 43.6 Å². The molecule has 2 bridgehead atoms. The van der Waals surface area contributed by atoms with Gasteiger partial charge in [0.1, 0.15) is 0 Å². The van der Waals surface area contributed by atoms with Gasteiger partial charge >= 0.3 is 0 Å². The normalized spacial score (nSPS) is 28.4. The van der Waals surface area contributed by atoms with Crippen molar-refractivity contribution >= 4 is 5.69 Å². The molecule has 0 aliphatic carbocycles. The molecule has 0 spiro atoms. The molecular formula is C17H27N3. The number of rotatable bonds is 3. The standard InChI is InChI=1S/C17H27N3/c1-3-17(18)13-4-6-15(7-5-13)20-11-10-14-8-9-16(12-20)19(14)2/h4-7,14,16-17H,3,8-12,18H2,1-2H3/t14?,16?,17-/m1/s1. The topological polar surface area (TPSA) is 32.5 Å². The maximum absolute atomic E-state index is 6.10. The van der Waals surface area contributed by atoms with Crippen molar-refractivity contribution in [2.75, 3.05) is 25.0 Å². The maximum Gasteiger partial charge on any atom is 0.0366 e. The molecule has 3 rings (SSSR count). The van der Waals surface area contributed by atoms with Gasteiger partial charge in [-0.25, -0.2) is 0 Å². The van der Waals surface area contributed by atoms with Crippen LogP contribution in [0, 0.1) is 0 Å². The zero-order chi connectivity index (χ0) is 14.1. The van der Waals surface area contributed by atoms with E-state index in [0.29, 0.717) is 0 Å². The fourth-order valence-corrected chi connectivity index (χ4v) is 3.71. The molecule has 2 saturated heterocycles. The van der Waals surface area contributed by atoms with Gasteiger partial charge in [0.2, 0.25) is 0 Å². The van der Waals surface area contributed by atoms with Gasteiger partial charge in [-0.05, 0) is 50.4 Å². The number of benzene rings is 1. The first-order chi connectivity index (χ1) is 9.69. The predicted octanol–water partition coefficient (Wildman–Crippen LogP) is 2.77. The maximum atomic E-state index is 6.10. The number of nitrogens with two attached hydrogens (primary N) is 1. The molecule has 1 aromatic carbocycles. The molecule has 2 fully saturated rings. The molecule has 3 heteroatoms. The first-order valence-corrected chi connectivity index (χ1v) is 8.01. The third-order valence-corrected chi connectivity index (χ3v) is 5.27. The molecule has 2 aliphatic rings. The molecule has 110 valence electrons. The van der Waals surface area contributed by atoms with Crippen molar-refractivity contribution in [2.45, 2.75) is 50.7 Å². The Bertz CT molecular complexity index is 442. The average molecular weight is 273 g/mol. The molecule has 1 aromatic rings. The van der Waals surface area contributed by atoms with E-state index in [4.69, 9.17) is 5.73 Å². The van der Waals surface area contributed by atoms with Crippen molar-refractivity contribution in [2.24, 2.45) is 5.73 Å². The number of hydrogen-bond acceptors (Lipinski definition) is 3. The van der Waals surface area contributed by atoms with Gasteiger partial charge in [-0.1, -0.05) is 19.1 Å². The molecule has 0 aromatic heterocycles. The van der Waals surface area contributed by atoms with Crippen molar-refractivity contribution in [3.63, 3.8) is 0 Å². The fraction of sp³-hybridized carbons (Fsp3) is 0.647. The van der Waals surface area contributed by atoms with Crippen LogP contribution in [0.1, 0.15) is 44.2 Å². The Labute approximate surface area is 122 Å². The first kappa shape index (κ1) is 13.9. The lowest BCUT2D eigenvalue weighted by Crippen LogP contribution is -2.36. The summed E-state index contributed by atoms with van der Waals surface area (Å²) in [5, 5.41) is 0.